The van der Waals surface area contributed by atoms with Crippen molar-refractivity contribution in [3.8, 4) is 5.69 Å². The Morgan fingerprint density at radius 2 is 2.20 bits per heavy atom. The van der Waals surface area contributed by atoms with Gasteiger partial charge in [0.25, 0.3) is 0 Å². The summed E-state index contributed by atoms with van der Waals surface area (Å²) in [5, 5.41) is 4.84. The van der Waals surface area contributed by atoms with Crippen LogP contribution in [-0.2, 0) is 6.54 Å². The zero-order chi connectivity index (χ0) is 9.97. The molecule has 0 fully saturated rings. The molecule has 0 aliphatic carbocycles. The van der Waals surface area contributed by atoms with Crippen molar-refractivity contribution in [1.29, 1.82) is 0 Å². The van der Waals surface area contributed by atoms with Crippen LogP contribution in [0, 0.1) is 0 Å². The second kappa shape index (κ2) is 5.16. The summed E-state index contributed by atoms with van der Waals surface area (Å²) in [5.41, 5.74) is 7.59. The van der Waals surface area contributed by atoms with Gasteiger partial charge in [-0.2, -0.15) is 5.10 Å². The minimum absolute atomic E-state index is 0. The highest BCUT2D eigenvalue weighted by Gasteiger charge is 2.03. The van der Waals surface area contributed by atoms with Gasteiger partial charge in [-0.05, 0) is 29.8 Å². The topological polar surface area (TPSA) is 43.8 Å². The number of hydrogen-bond acceptors (Lipinski definition) is 2. The van der Waals surface area contributed by atoms with Crippen LogP contribution in [0.4, 0.5) is 0 Å². The van der Waals surface area contributed by atoms with E-state index < -0.39 is 0 Å². The third-order valence-corrected chi connectivity index (χ3v) is 2.25. The van der Waals surface area contributed by atoms with Crippen molar-refractivity contribution < 1.29 is 0 Å². The van der Waals surface area contributed by atoms with E-state index in [0.29, 0.717) is 11.6 Å². The predicted molar refractivity (Wildman–Crippen MR) is 63.7 cm³/mol. The molecule has 2 N–H and O–H groups in total. The molecule has 0 unspecified atom stereocenters. The minimum atomic E-state index is 0. The van der Waals surface area contributed by atoms with E-state index in [0.717, 1.165) is 11.3 Å². The third kappa shape index (κ3) is 2.50. The molecular formula is C10H11Cl2N3. The number of halogens is 2. The van der Waals surface area contributed by atoms with E-state index >= 15 is 0 Å². The molecule has 2 aromatic rings. The first kappa shape index (κ1) is 12.0. The predicted octanol–water partition coefficient (Wildman–Crippen LogP) is 2.41. The van der Waals surface area contributed by atoms with Crippen molar-refractivity contribution in [2.24, 2.45) is 5.73 Å². The molecule has 0 saturated heterocycles. The molecule has 5 heteroatoms. The van der Waals surface area contributed by atoms with Gasteiger partial charge in [-0.3, -0.25) is 0 Å². The van der Waals surface area contributed by atoms with Gasteiger partial charge in [0.2, 0.25) is 0 Å². The fourth-order valence-corrected chi connectivity index (χ4v) is 1.55. The highest BCUT2D eigenvalue weighted by atomic mass is 35.5. The van der Waals surface area contributed by atoms with Crippen LogP contribution in [0.15, 0.2) is 36.7 Å². The molecule has 0 spiro atoms. The Kier molecular flexibility index (Phi) is 4.15. The zero-order valence-electron chi connectivity index (χ0n) is 7.93. The molecule has 2 rings (SSSR count). The number of benzene rings is 1. The van der Waals surface area contributed by atoms with Crippen LogP contribution in [0.25, 0.3) is 5.69 Å². The lowest BCUT2D eigenvalue weighted by Gasteiger charge is -2.07. The molecule has 0 radical (unpaired) electrons. The van der Waals surface area contributed by atoms with Crippen molar-refractivity contribution in [1.82, 2.24) is 9.78 Å². The molecule has 3 nitrogen and oxygen atoms in total. The summed E-state index contributed by atoms with van der Waals surface area (Å²) in [6.45, 7) is 0.454. The summed E-state index contributed by atoms with van der Waals surface area (Å²) in [4.78, 5) is 0. The van der Waals surface area contributed by atoms with Gasteiger partial charge in [0, 0.05) is 24.0 Å². The number of aromatic nitrogens is 2. The van der Waals surface area contributed by atoms with Gasteiger partial charge in [-0.15, -0.1) is 12.4 Å². The van der Waals surface area contributed by atoms with E-state index in [9.17, 15) is 0 Å². The van der Waals surface area contributed by atoms with E-state index in [1.165, 1.54) is 0 Å². The minimum Gasteiger partial charge on any atom is -0.326 e. The Balaban J connectivity index is 0.00000112. The lowest BCUT2D eigenvalue weighted by molar-refractivity contribution is 0.858. The van der Waals surface area contributed by atoms with E-state index in [1.807, 2.05) is 30.5 Å². The summed E-state index contributed by atoms with van der Waals surface area (Å²) in [5.74, 6) is 0. The number of nitrogens with zero attached hydrogens (tertiary/aromatic N) is 2. The SMILES string of the molecule is Cl.NCc1cc(Cl)ccc1-n1cccn1. The molecule has 0 atom stereocenters. The quantitative estimate of drug-likeness (QED) is 0.881. The van der Waals surface area contributed by atoms with Gasteiger partial charge < -0.3 is 5.73 Å². The monoisotopic (exact) mass is 243 g/mol. The van der Waals surface area contributed by atoms with E-state index in [1.54, 1.807) is 10.9 Å². The number of hydrogen-bond donors (Lipinski definition) is 1. The smallest absolute Gasteiger partial charge is 0.0691 e. The summed E-state index contributed by atoms with van der Waals surface area (Å²) < 4.78 is 1.78. The maximum atomic E-state index is 5.87. The van der Waals surface area contributed by atoms with Crippen LogP contribution >= 0.6 is 24.0 Å². The maximum absolute atomic E-state index is 5.87. The summed E-state index contributed by atoms with van der Waals surface area (Å²) >= 11 is 5.87. The largest absolute Gasteiger partial charge is 0.326 e. The van der Waals surface area contributed by atoms with Gasteiger partial charge >= 0.3 is 0 Å². The average Bonchev–Trinajstić information content (AvgIpc) is 2.70. The Labute approximate surface area is 99.3 Å². The van der Waals surface area contributed by atoms with Crippen LogP contribution in [0.1, 0.15) is 5.56 Å². The standard InChI is InChI=1S/C10H10ClN3.ClH/c11-9-2-3-10(8(6-9)7-12)14-5-1-4-13-14;/h1-6H,7,12H2;1H. The molecule has 0 saturated carbocycles. The lowest BCUT2D eigenvalue weighted by Crippen LogP contribution is -2.04. The van der Waals surface area contributed by atoms with Crippen molar-refractivity contribution >= 4 is 24.0 Å². The highest BCUT2D eigenvalue weighted by Crippen LogP contribution is 2.18. The molecule has 0 bridgehead atoms. The lowest BCUT2D eigenvalue weighted by atomic mass is 10.2. The van der Waals surface area contributed by atoms with Gasteiger partial charge in [0.15, 0.2) is 0 Å². The summed E-state index contributed by atoms with van der Waals surface area (Å²) in [6, 6.07) is 7.47. The first-order valence-electron chi connectivity index (χ1n) is 4.30. The Hall–Kier alpha value is -1.03. The second-order valence-corrected chi connectivity index (χ2v) is 3.36. The average molecular weight is 244 g/mol. The van der Waals surface area contributed by atoms with Crippen molar-refractivity contribution in [3.05, 3.63) is 47.2 Å². The van der Waals surface area contributed by atoms with Crippen molar-refractivity contribution in [2.75, 3.05) is 0 Å². The van der Waals surface area contributed by atoms with Crippen molar-refractivity contribution in [3.63, 3.8) is 0 Å². The normalized spacial score (nSPS) is 9.73. The number of rotatable bonds is 2. The van der Waals surface area contributed by atoms with E-state index in [4.69, 9.17) is 17.3 Å². The van der Waals surface area contributed by atoms with E-state index in [2.05, 4.69) is 5.10 Å². The summed E-state index contributed by atoms with van der Waals surface area (Å²) in [7, 11) is 0. The van der Waals surface area contributed by atoms with Crippen LogP contribution in [0.5, 0.6) is 0 Å². The molecule has 1 aromatic heterocycles. The molecule has 0 aliphatic rings. The molecule has 0 aliphatic heterocycles. The fourth-order valence-electron chi connectivity index (χ4n) is 1.35. The van der Waals surface area contributed by atoms with E-state index in [-0.39, 0.29) is 12.4 Å². The van der Waals surface area contributed by atoms with Crippen molar-refractivity contribution in [2.45, 2.75) is 6.54 Å². The summed E-state index contributed by atoms with van der Waals surface area (Å²) in [6.07, 6.45) is 3.61. The Morgan fingerprint density at radius 3 is 2.80 bits per heavy atom. The molecule has 80 valence electrons. The maximum Gasteiger partial charge on any atom is 0.0691 e. The third-order valence-electron chi connectivity index (χ3n) is 2.01. The Bertz CT molecular complexity index is 426. The first-order chi connectivity index (χ1) is 6.81. The molecular weight excluding hydrogens is 233 g/mol. The van der Waals surface area contributed by atoms with Crippen LogP contribution in [0.3, 0.4) is 0 Å². The zero-order valence-corrected chi connectivity index (χ0v) is 9.50. The van der Waals surface area contributed by atoms with Gasteiger partial charge in [0.1, 0.15) is 0 Å². The van der Waals surface area contributed by atoms with Crippen LogP contribution in [0.2, 0.25) is 5.02 Å². The Morgan fingerprint density at radius 1 is 1.40 bits per heavy atom. The molecule has 1 heterocycles. The number of nitrogens with two attached hydrogens (primary N) is 1. The van der Waals surface area contributed by atoms with Crippen LogP contribution in [-0.4, -0.2) is 9.78 Å². The van der Waals surface area contributed by atoms with Gasteiger partial charge in [-0.1, -0.05) is 11.6 Å². The molecule has 15 heavy (non-hydrogen) atoms. The fraction of sp³-hybridized carbons (Fsp3) is 0.100. The molecule has 1 aromatic carbocycles. The molecule has 0 amide bonds. The highest BCUT2D eigenvalue weighted by molar-refractivity contribution is 6.30. The van der Waals surface area contributed by atoms with Crippen LogP contribution < -0.4 is 5.73 Å². The first-order valence-corrected chi connectivity index (χ1v) is 4.67. The second-order valence-electron chi connectivity index (χ2n) is 2.93. The van der Waals surface area contributed by atoms with Gasteiger partial charge in [-0.25, -0.2) is 4.68 Å². The van der Waals surface area contributed by atoms with Gasteiger partial charge in [0.05, 0.1) is 5.69 Å².